The van der Waals surface area contributed by atoms with Crippen molar-refractivity contribution < 1.29 is 13.2 Å². The first-order valence-electron chi connectivity index (χ1n) is 6.69. The lowest BCUT2D eigenvalue weighted by atomic mass is 9.97. The van der Waals surface area contributed by atoms with Crippen LogP contribution in [0.2, 0.25) is 0 Å². The van der Waals surface area contributed by atoms with Crippen LogP contribution in [0.15, 0.2) is 22.6 Å². The summed E-state index contributed by atoms with van der Waals surface area (Å²) in [5.41, 5.74) is 1.45. The van der Waals surface area contributed by atoms with E-state index in [-0.39, 0.29) is 0 Å². The summed E-state index contributed by atoms with van der Waals surface area (Å²) in [5, 5.41) is 3.19. The number of halogens is 2. The van der Waals surface area contributed by atoms with Gasteiger partial charge in [-0.1, -0.05) is 6.92 Å². The molecule has 2 aromatic rings. The molecule has 0 spiro atoms. The largest absolute Gasteiger partial charge is 0.466 e. The first-order valence-corrected chi connectivity index (χ1v) is 6.69. The Morgan fingerprint density at radius 2 is 1.75 bits per heavy atom. The van der Waals surface area contributed by atoms with Crippen LogP contribution in [0.5, 0.6) is 0 Å². The molecule has 2 rings (SSSR count). The van der Waals surface area contributed by atoms with Crippen LogP contribution in [0.25, 0.3) is 0 Å². The maximum atomic E-state index is 14.2. The maximum absolute atomic E-state index is 14.2. The predicted molar refractivity (Wildman–Crippen MR) is 74.8 cm³/mol. The molecule has 0 bridgehead atoms. The topological polar surface area (TPSA) is 25.2 Å². The molecule has 0 saturated carbocycles. The molecule has 0 radical (unpaired) electrons. The van der Waals surface area contributed by atoms with E-state index in [1.54, 1.807) is 6.92 Å². The van der Waals surface area contributed by atoms with Gasteiger partial charge in [-0.05, 0) is 51.1 Å². The van der Waals surface area contributed by atoms with Crippen LogP contribution in [0.1, 0.15) is 41.2 Å². The van der Waals surface area contributed by atoms with Gasteiger partial charge in [0.1, 0.15) is 23.2 Å². The zero-order valence-electron chi connectivity index (χ0n) is 12.2. The summed E-state index contributed by atoms with van der Waals surface area (Å²) in [6, 6.07) is 3.95. The highest BCUT2D eigenvalue weighted by Crippen LogP contribution is 2.30. The van der Waals surface area contributed by atoms with Gasteiger partial charge in [0.25, 0.3) is 0 Å². The van der Waals surface area contributed by atoms with Crippen molar-refractivity contribution in [1.29, 1.82) is 0 Å². The average Bonchev–Trinajstić information content (AvgIpc) is 2.70. The molecule has 0 saturated heterocycles. The highest BCUT2D eigenvalue weighted by atomic mass is 19.1. The van der Waals surface area contributed by atoms with Gasteiger partial charge in [0.05, 0.1) is 6.04 Å². The van der Waals surface area contributed by atoms with Crippen molar-refractivity contribution in [3.8, 4) is 0 Å². The van der Waals surface area contributed by atoms with Crippen molar-refractivity contribution in [2.24, 2.45) is 0 Å². The first kappa shape index (κ1) is 14.7. The third kappa shape index (κ3) is 2.75. The number of aryl methyl sites for hydroxylation is 3. The Labute approximate surface area is 117 Å². The van der Waals surface area contributed by atoms with Gasteiger partial charge in [-0.25, -0.2) is 8.78 Å². The van der Waals surface area contributed by atoms with Gasteiger partial charge in [-0.3, -0.25) is 0 Å². The van der Waals surface area contributed by atoms with Gasteiger partial charge >= 0.3 is 0 Å². The molecule has 0 amide bonds. The second-order valence-electron chi connectivity index (χ2n) is 4.98. The Morgan fingerprint density at radius 1 is 1.05 bits per heavy atom. The van der Waals surface area contributed by atoms with Crippen LogP contribution in [-0.4, -0.2) is 6.54 Å². The highest BCUT2D eigenvalue weighted by Gasteiger charge is 2.22. The molecule has 0 aliphatic carbocycles. The lowest BCUT2D eigenvalue weighted by molar-refractivity contribution is 0.490. The zero-order chi connectivity index (χ0) is 14.9. The second kappa shape index (κ2) is 5.75. The molecule has 0 aliphatic rings. The summed E-state index contributed by atoms with van der Waals surface area (Å²) in [4.78, 5) is 0. The SMILES string of the molecule is CCNC(c1cc(F)c(C)cc1F)c1cc(C)oc1C. The number of benzene rings is 1. The molecule has 1 unspecified atom stereocenters. The van der Waals surface area contributed by atoms with Crippen molar-refractivity contribution in [3.05, 3.63) is 58.0 Å². The fourth-order valence-corrected chi connectivity index (χ4v) is 2.41. The summed E-state index contributed by atoms with van der Waals surface area (Å²) in [6.45, 7) is 7.79. The van der Waals surface area contributed by atoms with Crippen molar-refractivity contribution in [1.82, 2.24) is 5.32 Å². The van der Waals surface area contributed by atoms with E-state index in [1.807, 2.05) is 26.8 Å². The van der Waals surface area contributed by atoms with Gasteiger partial charge in [0.15, 0.2) is 0 Å². The monoisotopic (exact) mass is 279 g/mol. The minimum atomic E-state index is -0.410. The summed E-state index contributed by atoms with van der Waals surface area (Å²) >= 11 is 0. The number of nitrogens with one attached hydrogen (secondary N) is 1. The molecule has 108 valence electrons. The quantitative estimate of drug-likeness (QED) is 0.908. The number of hydrogen-bond donors (Lipinski definition) is 1. The standard InChI is InChI=1S/C16H19F2NO/c1-5-19-16(12-7-10(3)20-11(12)4)13-8-14(17)9(2)6-15(13)18/h6-8,16,19H,5H2,1-4H3. The van der Waals surface area contributed by atoms with Crippen molar-refractivity contribution >= 4 is 0 Å². The molecule has 0 fully saturated rings. The van der Waals surface area contributed by atoms with Crippen LogP contribution in [0.4, 0.5) is 8.78 Å². The minimum Gasteiger partial charge on any atom is -0.466 e. The number of rotatable bonds is 4. The Bertz CT molecular complexity index is 619. The van der Waals surface area contributed by atoms with Crippen molar-refractivity contribution in [2.75, 3.05) is 6.54 Å². The number of furan rings is 1. The summed E-state index contributed by atoms with van der Waals surface area (Å²) in [5.74, 6) is 0.664. The van der Waals surface area contributed by atoms with Gasteiger partial charge in [0, 0.05) is 11.1 Å². The molecule has 1 N–H and O–H groups in total. The summed E-state index contributed by atoms with van der Waals surface area (Å²) < 4.78 is 33.5. The van der Waals surface area contributed by atoms with Crippen molar-refractivity contribution in [3.63, 3.8) is 0 Å². The van der Waals surface area contributed by atoms with E-state index >= 15 is 0 Å². The van der Waals surface area contributed by atoms with Gasteiger partial charge in [-0.15, -0.1) is 0 Å². The maximum Gasteiger partial charge on any atom is 0.128 e. The Balaban J connectivity index is 2.54. The fraction of sp³-hybridized carbons (Fsp3) is 0.375. The molecule has 1 heterocycles. The van der Waals surface area contributed by atoms with Crippen LogP contribution < -0.4 is 5.32 Å². The minimum absolute atomic E-state index is 0.304. The molecule has 2 nitrogen and oxygen atoms in total. The molecule has 1 atom stereocenters. The first-order chi connectivity index (χ1) is 9.43. The average molecular weight is 279 g/mol. The van der Waals surface area contributed by atoms with E-state index in [0.717, 1.165) is 11.3 Å². The Hall–Kier alpha value is -1.68. The smallest absolute Gasteiger partial charge is 0.128 e. The molecule has 4 heteroatoms. The third-order valence-electron chi connectivity index (χ3n) is 3.39. The van der Waals surface area contributed by atoms with Crippen LogP contribution >= 0.6 is 0 Å². The fourth-order valence-electron chi connectivity index (χ4n) is 2.41. The van der Waals surface area contributed by atoms with Gasteiger partial charge in [-0.2, -0.15) is 0 Å². The van der Waals surface area contributed by atoms with Crippen molar-refractivity contribution in [2.45, 2.75) is 33.7 Å². The Morgan fingerprint density at radius 3 is 2.30 bits per heavy atom. The molecule has 1 aromatic carbocycles. The summed E-state index contributed by atoms with van der Waals surface area (Å²) in [6.07, 6.45) is 0. The normalized spacial score (nSPS) is 12.7. The van der Waals surface area contributed by atoms with Crippen LogP contribution in [0, 0.1) is 32.4 Å². The lowest BCUT2D eigenvalue weighted by Crippen LogP contribution is -2.23. The van der Waals surface area contributed by atoms with E-state index < -0.39 is 17.7 Å². The van der Waals surface area contributed by atoms with E-state index in [0.29, 0.717) is 23.4 Å². The predicted octanol–water partition coefficient (Wildman–Crippen LogP) is 4.18. The third-order valence-corrected chi connectivity index (χ3v) is 3.39. The van der Waals surface area contributed by atoms with Crippen LogP contribution in [-0.2, 0) is 0 Å². The Kier molecular flexibility index (Phi) is 4.23. The highest BCUT2D eigenvalue weighted by molar-refractivity contribution is 5.37. The van der Waals surface area contributed by atoms with E-state index in [2.05, 4.69) is 5.32 Å². The van der Waals surface area contributed by atoms with Crippen LogP contribution in [0.3, 0.4) is 0 Å². The lowest BCUT2D eigenvalue weighted by Gasteiger charge is -2.19. The summed E-state index contributed by atoms with van der Waals surface area (Å²) in [7, 11) is 0. The van der Waals surface area contributed by atoms with Gasteiger partial charge < -0.3 is 9.73 Å². The second-order valence-corrected chi connectivity index (χ2v) is 4.98. The molecular formula is C16H19F2NO. The number of hydrogen-bond acceptors (Lipinski definition) is 2. The van der Waals surface area contributed by atoms with E-state index in [4.69, 9.17) is 4.42 Å². The molecule has 1 aromatic heterocycles. The molecular weight excluding hydrogens is 260 g/mol. The molecule has 0 aliphatic heterocycles. The molecule has 20 heavy (non-hydrogen) atoms. The van der Waals surface area contributed by atoms with E-state index in [1.165, 1.54) is 12.1 Å². The van der Waals surface area contributed by atoms with E-state index in [9.17, 15) is 8.78 Å². The zero-order valence-corrected chi connectivity index (χ0v) is 12.2. The van der Waals surface area contributed by atoms with Gasteiger partial charge in [0.2, 0.25) is 0 Å².